The number of amides is 1. The van der Waals surface area contributed by atoms with E-state index >= 15 is 0 Å². The normalized spacial score (nSPS) is 16.6. The first-order valence-electron chi connectivity index (χ1n) is 7.87. The van der Waals surface area contributed by atoms with Crippen molar-refractivity contribution >= 4 is 5.91 Å². The summed E-state index contributed by atoms with van der Waals surface area (Å²) >= 11 is 0. The number of hydrogen-bond acceptors (Lipinski definition) is 3. The Balaban J connectivity index is 1.62. The van der Waals surface area contributed by atoms with Gasteiger partial charge in [0.2, 0.25) is 5.91 Å². The topological polar surface area (TPSA) is 47.4 Å². The zero-order valence-electron chi connectivity index (χ0n) is 12.5. The lowest BCUT2D eigenvalue weighted by Crippen LogP contribution is -2.38. The quantitative estimate of drug-likeness (QED) is 0.855. The summed E-state index contributed by atoms with van der Waals surface area (Å²) in [7, 11) is 0. The molecule has 0 aliphatic carbocycles. The van der Waals surface area contributed by atoms with E-state index in [2.05, 4.69) is 5.10 Å². The van der Waals surface area contributed by atoms with E-state index in [1.54, 1.807) is 0 Å². The lowest BCUT2D eigenvalue weighted by molar-refractivity contribution is -0.132. The predicted molar refractivity (Wildman–Crippen MR) is 82.4 cm³/mol. The molecule has 5 nitrogen and oxygen atoms in total. The van der Waals surface area contributed by atoms with Crippen LogP contribution in [0.15, 0.2) is 30.5 Å². The molecule has 0 bridgehead atoms. The Labute approximate surface area is 129 Å². The second kappa shape index (κ2) is 5.48. The van der Waals surface area contributed by atoms with Gasteiger partial charge in [-0.1, -0.05) is 12.1 Å². The van der Waals surface area contributed by atoms with E-state index in [0.29, 0.717) is 13.2 Å². The largest absolute Gasteiger partial charge is 0.488 e. The number of aromatic nitrogens is 2. The molecule has 0 radical (unpaired) electrons. The molecule has 0 saturated carbocycles. The molecule has 0 N–H and O–H groups in total. The summed E-state index contributed by atoms with van der Waals surface area (Å²) in [5.41, 5.74) is 3.09. The second-order valence-corrected chi connectivity index (χ2v) is 5.90. The molecule has 1 saturated heterocycles. The summed E-state index contributed by atoms with van der Waals surface area (Å²) in [6, 6.07) is 7.93. The van der Waals surface area contributed by atoms with Crippen LogP contribution < -0.4 is 4.74 Å². The number of likely N-dealkylation sites (tertiary alicyclic amines) is 1. The van der Waals surface area contributed by atoms with Gasteiger partial charge in [0.15, 0.2) is 0 Å². The minimum absolute atomic E-state index is 0.162. The number of ether oxygens (including phenoxy) is 1. The van der Waals surface area contributed by atoms with E-state index in [4.69, 9.17) is 4.74 Å². The van der Waals surface area contributed by atoms with Crippen LogP contribution in [-0.2, 0) is 17.9 Å². The molecule has 0 unspecified atom stereocenters. The van der Waals surface area contributed by atoms with Gasteiger partial charge < -0.3 is 9.64 Å². The van der Waals surface area contributed by atoms with E-state index < -0.39 is 0 Å². The van der Waals surface area contributed by atoms with Gasteiger partial charge in [-0.2, -0.15) is 5.10 Å². The monoisotopic (exact) mass is 297 g/mol. The fourth-order valence-electron chi connectivity index (χ4n) is 3.28. The Morgan fingerprint density at radius 1 is 1.18 bits per heavy atom. The van der Waals surface area contributed by atoms with Crippen LogP contribution in [0.5, 0.6) is 5.75 Å². The second-order valence-electron chi connectivity index (χ2n) is 5.90. The zero-order chi connectivity index (χ0) is 14.9. The molecule has 1 aromatic carbocycles. The van der Waals surface area contributed by atoms with Gasteiger partial charge in [0, 0.05) is 24.2 Å². The standard InChI is InChI=1S/C17H19N3O2/c21-16(19-8-4-1-5-9-19)11-20-17-13(10-18-20)12-22-15-7-3-2-6-14(15)17/h2-3,6-7,10H,1,4-5,8-9,11-12H2. The third-order valence-corrected chi connectivity index (χ3v) is 4.43. The summed E-state index contributed by atoms with van der Waals surface area (Å²) in [6.07, 6.45) is 5.26. The summed E-state index contributed by atoms with van der Waals surface area (Å²) in [5, 5.41) is 4.42. The van der Waals surface area contributed by atoms with E-state index in [-0.39, 0.29) is 5.91 Å². The number of carbonyl (C=O) groups excluding carboxylic acids is 1. The van der Waals surface area contributed by atoms with Crippen LogP contribution in [0.3, 0.4) is 0 Å². The van der Waals surface area contributed by atoms with Crippen LogP contribution in [-0.4, -0.2) is 33.7 Å². The Hall–Kier alpha value is -2.30. The van der Waals surface area contributed by atoms with Crippen LogP contribution in [0.2, 0.25) is 0 Å². The van der Waals surface area contributed by atoms with Gasteiger partial charge in [0.1, 0.15) is 18.9 Å². The Bertz CT molecular complexity index is 702. The van der Waals surface area contributed by atoms with Gasteiger partial charge in [-0.3, -0.25) is 9.48 Å². The van der Waals surface area contributed by atoms with Crippen LogP contribution in [0.1, 0.15) is 24.8 Å². The number of carbonyl (C=O) groups is 1. The van der Waals surface area contributed by atoms with Crippen molar-refractivity contribution in [1.82, 2.24) is 14.7 Å². The molecular weight excluding hydrogens is 278 g/mol. The number of nitrogens with zero attached hydrogens (tertiary/aromatic N) is 3. The maximum atomic E-state index is 12.5. The average Bonchev–Trinajstić information content (AvgIpc) is 2.99. The van der Waals surface area contributed by atoms with Gasteiger partial charge in [0.05, 0.1) is 11.9 Å². The minimum Gasteiger partial charge on any atom is -0.488 e. The fourth-order valence-corrected chi connectivity index (χ4v) is 3.28. The lowest BCUT2D eigenvalue weighted by atomic mass is 10.0. The highest BCUT2D eigenvalue weighted by molar-refractivity contribution is 5.78. The fraction of sp³-hybridized carbons (Fsp3) is 0.412. The Kier molecular flexibility index (Phi) is 3.33. The van der Waals surface area contributed by atoms with E-state index in [1.165, 1.54) is 6.42 Å². The summed E-state index contributed by atoms with van der Waals surface area (Å²) in [5.74, 6) is 1.02. The molecule has 0 spiro atoms. The maximum absolute atomic E-state index is 12.5. The number of rotatable bonds is 2. The van der Waals surface area contributed by atoms with Crippen molar-refractivity contribution < 1.29 is 9.53 Å². The lowest BCUT2D eigenvalue weighted by Gasteiger charge is -2.27. The van der Waals surface area contributed by atoms with Crippen molar-refractivity contribution in [3.05, 3.63) is 36.0 Å². The molecular formula is C17H19N3O2. The minimum atomic E-state index is 0.162. The number of hydrogen-bond donors (Lipinski definition) is 0. The van der Waals surface area contributed by atoms with E-state index in [0.717, 1.165) is 48.5 Å². The SMILES string of the molecule is O=C(Cn1ncc2c1-c1ccccc1OC2)N1CCCCC1. The highest BCUT2D eigenvalue weighted by Gasteiger charge is 2.24. The third kappa shape index (κ3) is 2.26. The van der Waals surface area contributed by atoms with Crippen molar-refractivity contribution in [2.75, 3.05) is 13.1 Å². The zero-order valence-corrected chi connectivity index (χ0v) is 12.5. The first-order chi connectivity index (χ1) is 10.8. The molecule has 1 amide bonds. The molecule has 5 heteroatoms. The van der Waals surface area contributed by atoms with Gasteiger partial charge in [0.25, 0.3) is 0 Å². The van der Waals surface area contributed by atoms with Crippen molar-refractivity contribution in [3.63, 3.8) is 0 Å². The molecule has 1 aromatic heterocycles. The molecule has 2 aliphatic rings. The number of para-hydroxylation sites is 1. The number of fused-ring (bicyclic) bond motifs is 3. The van der Waals surface area contributed by atoms with Gasteiger partial charge in [-0.15, -0.1) is 0 Å². The van der Waals surface area contributed by atoms with Crippen molar-refractivity contribution in [2.45, 2.75) is 32.4 Å². The summed E-state index contributed by atoms with van der Waals surface area (Å²) in [4.78, 5) is 14.5. The molecule has 114 valence electrons. The molecule has 2 aliphatic heterocycles. The van der Waals surface area contributed by atoms with Crippen molar-refractivity contribution in [1.29, 1.82) is 0 Å². The summed E-state index contributed by atoms with van der Waals surface area (Å²) < 4.78 is 7.56. The smallest absolute Gasteiger partial charge is 0.244 e. The van der Waals surface area contributed by atoms with Crippen molar-refractivity contribution in [3.8, 4) is 17.0 Å². The summed E-state index contributed by atoms with van der Waals surface area (Å²) in [6.45, 7) is 2.58. The molecule has 1 fully saturated rings. The van der Waals surface area contributed by atoms with Gasteiger partial charge in [-0.25, -0.2) is 0 Å². The van der Waals surface area contributed by atoms with E-state index in [9.17, 15) is 4.79 Å². The molecule has 2 aromatic rings. The highest BCUT2D eigenvalue weighted by atomic mass is 16.5. The molecule has 22 heavy (non-hydrogen) atoms. The molecule has 0 atom stereocenters. The Morgan fingerprint density at radius 2 is 2.00 bits per heavy atom. The van der Waals surface area contributed by atoms with Crippen LogP contribution >= 0.6 is 0 Å². The van der Waals surface area contributed by atoms with Crippen LogP contribution in [0.25, 0.3) is 11.3 Å². The third-order valence-electron chi connectivity index (χ3n) is 4.43. The first kappa shape index (κ1) is 13.4. The van der Waals surface area contributed by atoms with Crippen LogP contribution in [0, 0.1) is 0 Å². The molecule has 3 heterocycles. The predicted octanol–water partition coefficient (Wildman–Crippen LogP) is 2.46. The Morgan fingerprint density at radius 3 is 2.86 bits per heavy atom. The van der Waals surface area contributed by atoms with Crippen molar-refractivity contribution in [2.24, 2.45) is 0 Å². The average molecular weight is 297 g/mol. The maximum Gasteiger partial charge on any atom is 0.244 e. The van der Waals surface area contributed by atoms with Crippen LogP contribution in [0.4, 0.5) is 0 Å². The number of piperidine rings is 1. The first-order valence-corrected chi connectivity index (χ1v) is 7.87. The highest BCUT2D eigenvalue weighted by Crippen LogP contribution is 2.37. The number of benzene rings is 1. The van der Waals surface area contributed by atoms with Gasteiger partial charge >= 0.3 is 0 Å². The molecule has 4 rings (SSSR count). The van der Waals surface area contributed by atoms with E-state index in [1.807, 2.05) is 40.0 Å². The van der Waals surface area contributed by atoms with Gasteiger partial charge in [-0.05, 0) is 31.4 Å².